The molecule has 0 aromatic rings. The van der Waals surface area contributed by atoms with E-state index in [1.54, 1.807) is 0 Å². The van der Waals surface area contributed by atoms with Crippen LogP contribution in [-0.4, -0.2) is 41.9 Å². The molecule has 0 amide bonds. The quantitative estimate of drug-likeness (QED) is 0.362. The van der Waals surface area contributed by atoms with E-state index >= 15 is 0 Å². The van der Waals surface area contributed by atoms with E-state index in [4.69, 9.17) is 0 Å². The Morgan fingerprint density at radius 1 is 0.640 bits per heavy atom. The maximum absolute atomic E-state index is 12.9. The summed E-state index contributed by atoms with van der Waals surface area (Å²) in [4.78, 5) is 10.3. The molecule has 0 aliphatic heterocycles. The lowest BCUT2D eigenvalue weighted by atomic mass is 9.97. The number of carbonyl (C=O) groups excluding carboxylic acids is 1. The average molecular weight is 408 g/mol. The second-order valence-corrected chi connectivity index (χ2v) is 4.11. The summed E-state index contributed by atoms with van der Waals surface area (Å²) < 4.78 is 177. The zero-order chi connectivity index (χ0) is 20.9. The molecule has 0 N–H and O–H groups in total. The highest BCUT2D eigenvalue weighted by atomic mass is 19.4. The lowest BCUT2D eigenvalue weighted by molar-refractivity contribution is -0.460. The Hall–Kier alpha value is -1.77. The summed E-state index contributed by atoms with van der Waals surface area (Å²) in [5.41, 5.74) is 0. The molecule has 0 rings (SSSR count). The summed E-state index contributed by atoms with van der Waals surface area (Å²) in [5, 5.41) is 0. The number of halogens is 14. The fraction of sp³-hybridized carbons (Fsp3) is 0.667. The first-order valence-corrected chi connectivity index (χ1v) is 5.11. The van der Waals surface area contributed by atoms with Crippen molar-refractivity contribution in [2.75, 3.05) is 0 Å². The first-order chi connectivity index (χ1) is 10.6. The summed E-state index contributed by atoms with van der Waals surface area (Å²) in [5.74, 6) is -37.8. The van der Waals surface area contributed by atoms with Gasteiger partial charge in [0.1, 0.15) is 0 Å². The van der Waals surface area contributed by atoms with Gasteiger partial charge in [0.2, 0.25) is 5.83 Å². The van der Waals surface area contributed by atoms with Gasteiger partial charge in [-0.1, -0.05) is 6.58 Å². The third kappa shape index (κ3) is 3.33. The molecule has 0 aliphatic carbocycles. The van der Waals surface area contributed by atoms with E-state index in [2.05, 4.69) is 4.74 Å². The number of esters is 1. The second kappa shape index (κ2) is 5.89. The third-order valence-electron chi connectivity index (χ3n) is 2.35. The van der Waals surface area contributed by atoms with Crippen LogP contribution >= 0.6 is 0 Å². The fourth-order valence-corrected chi connectivity index (χ4v) is 0.991. The Bertz CT molecular complexity index is 545. The molecule has 0 aromatic heterocycles. The van der Waals surface area contributed by atoms with Gasteiger partial charge in [0, 0.05) is 0 Å². The van der Waals surface area contributed by atoms with E-state index in [1.165, 1.54) is 0 Å². The zero-order valence-electron chi connectivity index (χ0n) is 10.8. The lowest BCUT2D eigenvalue weighted by Crippen LogP contribution is -2.70. The highest BCUT2D eigenvalue weighted by Crippen LogP contribution is 2.60. The molecule has 0 aromatic carbocycles. The van der Waals surface area contributed by atoms with Crippen LogP contribution in [0.2, 0.25) is 0 Å². The highest BCUT2D eigenvalue weighted by Gasteiger charge is 2.92. The number of hydrogen-bond acceptors (Lipinski definition) is 2. The molecular formula is C9H2F14O2. The molecule has 0 bridgehead atoms. The fourth-order valence-electron chi connectivity index (χ4n) is 0.991. The van der Waals surface area contributed by atoms with E-state index in [9.17, 15) is 66.3 Å². The van der Waals surface area contributed by atoms with Crippen molar-refractivity contribution in [3.05, 3.63) is 12.4 Å². The van der Waals surface area contributed by atoms with E-state index in [1.807, 2.05) is 6.58 Å². The van der Waals surface area contributed by atoms with Crippen molar-refractivity contribution in [1.82, 2.24) is 0 Å². The summed E-state index contributed by atoms with van der Waals surface area (Å²) in [6, 6.07) is 0. The number of carbonyl (C=O) groups is 1. The van der Waals surface area contributed by atoms with Crippen molar-refractivity contribution in [2.45, 2.75) is 36.0 Å². The van der Waals surface area contributed by atoms with Gasteiger partial charge in [-0.15, -0.1) is 0 Å². The van der Waals surface area contributed by atoms with Crippen LogP contribution in [0.1, 0.15) is 0 Å². The maximum Gasteiger partial charge on any atom is 0.473 e. The number of rotatable bonds is 6. The van der Waals surface area contributed by atoms with Crippen molar-refractivity contribution in [3.63, 3.8) is 0 Å². The molecule has 25 heavy (non-hydrogen) atoms. The Kier molecular flexibility index (Phi) is 5.48. The predicted molar refractivity (Wildman–Crippen MR) is 47.1 cm³/mol. The average Bonchev–Trinajstić information content (AvgIpc) is 2.35. The highest BCUT2D eigenvalue weighted by molar-refractivity contribution is 5.85. The van der Waals surface area contributed by atoms with E-state index in [0.717, 1.165) is 0 Å². The third-order valence-corrected chi connectivity index (χ3v) is 2.35. The summed E-state index contributed by atoms with van der Waals surface area (Å²) in [7, 11) is 0. The van der Waals surface area contributed by atoms with Crippen LogP contribution in [0.4, 0.5) is 61.5 Å². The van der Waals surface area contributed by atoms with E-state index in [-0.39, 0.29) is 0 Å². The Morgan fingerprint density at radius 2 is 0.960 bits per heavy atom. The van der Waals surface area contributed by atoms with Crippen molar-refractivity contribution < 1.29 is 71.0 Å². The SMILES string of the molecule is C=C(F)C(=O)OC(F)(F)C(F)(F)C(F)(F)C(F)(F)C(F)(F)C(F)(F)F. The van der Waals surface area contributed by atoms with Crippen LogP contribution in [0.3, 0.4) is 0 Å². The molecule has 0 aliphatic rings. The zero-order valence-corrected chi connectivity index (χ0v) is 10.8. The maximum atomic E-state index is 12.9. The molecule has 0 saturated carbocycles. The van der Waals surface area contributed by atoms with Gasteiger partial charge in [-0.2, -0.15) is 61.5 Å². The monoisotopic (exact) mass is 408 g/mol. The van der Waals surface area contributed by atoms with Gasteiger partial charge in [-0.3, -0.25) is 0 Å². The topological polar surface area (TPSA) is 26.3 Å². The number of hydrogen-bond donors (Lipinski definition) is 0. The van der Waals surface area contributed by atoms with Crippen LogP contribution in [0.5, 0.6) is 0 Å². The van der Waals surface area contributed by atoms with Gasteiger partial charge in [-0.05, 0) is 0 Å². The van der Waals surface area contributed by atoms with Crippen LogP contribution in [0.25, 0.3) is 0 Å². The molecule has 0 spiro atoms. The Labute approximate surface area is 127 Å². The van der Waals surface area contributed by atoms with Crippen LogP contribution in [-0.2, 0) is 9.53 Å². The van der Waals surface area contributed by atoms with Crippen molar-refractivity contribution in [1.29, 1.82) is 0 Å². The van der Waals surface area contributed by atoms with Crippen molar-refractivity contribution >= 4 is 5.97 Å². The van der Waals surface area contributed by atoms with Crippen LogP contribution < -0.4 is 0 Å². The first-order valence-electron chi connectivity index (χ1n) is 5.11. The molecule has 0 atom stereocenters. The normalized spacial score (nSPS) is 15.1. The first kappa shape index (κ1) is 23.2. The van der Waals surface area contributed by atoms with Crippen LogP contribution in [0.15, 0.2) is 12.4 Å². The van der Waals surface area contributed by atoms with E-state index in [0.29, 0.717) is 0 Å². The summed E-state index contributed by atoms with van der Waals surface area (Å²) in [6.45, 7) is 1.88. The molecule has 0 heterocycles. The number of ether oxygens (including phenoxy) is 1. The molecule has 16 heteroatoms. The molecule has 0 fully saturated rings. The largest absolute Gasteiger partial charge is 0.473 e. The smallest absolute Gasteiger partial charge is 0.391 e. The van der Waals surface area contributed by atoms with E-state index < -0.39 is 47.8 Å². The lowest BCUT2D eigenvalue weighted by Gasteiger charge is -2.38. The van der Waals surface area contributed by atoms with Gasteiger partial charge in [-0.25, -0.2) is 4.79 Å². The van der Waals surface area contributed by atoms with Gasteiger partial charge in [0.25, 0.3) is 0 Å². The summed E-state index contributed by atoms with van der Waals surface area (Å²) in [6.07, 6.45) is -14.7. The molecule has 0 radical (unpaired) electrons. The molecule has 148 valence electrons. The molecule has 0 saturated heterocycles. The minimum atomic E-state index is -8.13. The minimum absolute atomic E-state index is 1.88. The van der Waals surface area contributed by atoms with Gasteiger partial charge < -0.3 is 4.74 Å². The Morgan fingerprint density at radius 3 is 1.24 bits per heavy atom. The standard InChI is InChI=1S/C9H2F14O2/c1-2(10)3(24)25-9(22,23)7(17,18)5(13,14)4(11,12)6(15,16)8(19,20)21/h1H2. The van der Waals surface area contributed by atoms with Crippen LogP contribution in [0, 0.1) is 0 Å². The van der Waals surface area contributed by atoms with Crippen molar-refractivity contribution in [3.8, 4) is 0 Å². The molecule has 2 nitrogen and oxygen atoms in total. The number of alkyl halides is 13. The molecular weight excluding hydrogens is 406 g/mol. The predicted octanol–water partition coefficient (Wildman–Crippen LogP) is 4.71. The van der Waals surface area contributed by atoms with Gasteiger partial charge in [0.15, 0.2) is 0 Å². The van der Waals surface area contributed by atoms with Gasteiger partial charge in [0.05, 0.1) is 0 Å². The van der Waals surface area contributed by atoms with Gasteiger partial charge >= 0.3 is 41.9 Å². The van der Waals surface area contributed by atoms with Crippen molar-refractivity contribution in [2.24, 2.45) is 0 Å². The minimum Gasteiger partial charge on any atom is -0.391 e. The summed E-state index contributed by atoms with van der Waals surface area (Å²) >= 11 is 0. The Balaban J connectivity index is 6.20. The molecule has 0 unspecified atom stereocenters. The second-order valence-electron chi connectivity index (χ2n) is 4.11.